The monoisotopic (exact) mass is 347 g/mol. The van der Waals surface area contributed by atoms with Crippen LogP contribution in [0.15, 0.2) is 34.7 Å². The molecule has 1 aromatic carbocycles. The number of rotatable bonds is 5. The van der Waals surface area contributed by atoms with E-state index < -0.39 is 0 Å². The number of hydrogen-bond donors (Lipinski definition) is 1. The molecule has 0 unspecified atom stereocenters. The van der Waals surface area contributed by atoms with E-state index in [1.807, 2.05) is 24.3 Å². The fourth-order valence-corrected chi connectivity index (χ4v) is 2.30. The standard InChI is InChI=1S/C16H19Cl2NO.ClH/c1-4-16(2,3)19-10-14-5-6-15(20-14)11-7-12(17)9-13(18)8-11;/h5-9,19H,4,10H2,1-3H3;1H. The van der Waals surface area contributed by atoms with Crippen molar-refractivity contribution in [3.05, 3.63) is 46.1 Å². The Balaban J connectivity index is 0.00000220. The molecule has 1 N–H and O–H groups in total. The molecule has 0 fully saturated rings. The van der Waals surface area contributed by atoms with Gasteiger partial charge in [0.25, 0.3) is 0 Å². The maximum atomic E-state index is 6.01. The smallest absolute Gasteiger partial charge is 0.134 e. The Bertz CT molecular complexity index is 573. The van der Waals surface area contributed by atoms with Crippen molar-refractivity contribution in [1.29, 1.82) is 0 Å². The zero-order chi connectivity index (χ0) is 14.8. The first-order chi connectivity index (χ1) is 9.39. The van der Waals surface area contributed by atoms with E-state index in [9.17, 15) is 0 Å². The van der Waals surface area contributed by atoms with Crippen molar-refractivity contribution in [2.24, 2.45) is 0 Å². The molecule has 0 saturated carbocycles. The molecular formula is C16H20Cl3NO. The summed E-state index contributed by atoms with van der Waals surface area (Å²) >= 11 is 12.0. The van der Waals surface area contributed by atoms with Crippen molar-refractivity contribution >= 4 is 35.6 Å². The highest BCUT2D eigenvalue weighted by atomic mass is 35.5. The highest BCUT2D eigenvalue weighted by Crippen LogP contribution is 2.28. The summed E-state index contributed by atoms with van der Waals surface area (Å²) in [6, 6.07) is 9.32. The van der Waals surface area contributed by atoms with Gasteiger partial charge in [0, 0.05) is 21.1 Å². The first-order valence-corrected chi connectivity index (χ1v) is 7.45. The van der Waals surface area contributed by atoms with Gasteiger partial charge in [0.15, 0.2) is 0 Å². The zero-order valence-corrected chi connectivity index (χ0v) is 14.7. The van der Waals surface area contributed by atoms with E-state index in [0.717, 1.165) is 23.5 Å². The summed E-state index contributed by atoms with van der Waals surface area (Å²) in [7, 11) is 0. The van der Waals surface area contributed by atoms with Crippen molar-refractivity contribution in [3.8, 4) is 11.3 Å². The summed E-state index contributed by atoms with van der Waals surface area (Å²) in [5.41, 5.74) is 0.996. The largest absolute Gasteiger partial charge is 0.460 e. The Kier molecular flexibility index (Phi) is 6.61. The first-order valence-electron chi connectivity index (χ1n) is 6.70. The van der Waals surface area contributed by atoms with E-state index in [4.69, 9.17) is 27.6 Å². The number of hydrogen-bond acceptors (Lipinski definition) is 2. The van der Waals surface area contributed by atoms with Crippen molar-refractivity contribution < 1.29 is 4.42 Å². The summed E-state index contributed by atoms with van der Waals surface area (Å²) < 4.78 is 5.84. The molecule has 0 bridgehead atoms. The van der Waals surface area contributed by atoms with Gasteiger partial charge in [-0.25, -0.2) is 0 Å². The van der Waals surface area contributed by atoms with E-state index >= 15 is 0 Å². The third-order valence-electron chi connectivity index (χ3n) is 3.43. The van der Waals surface area contributed by atoms with Crippen molar-refractivity contribution in [1.82, 2.24) is 5.32 Å². The molecule has 0 radical (unpaired) electrons. The zero-order valence-electron chi connectivity index (χ0n) is 12.4. The second-order valence-electron chi connectivity index (χ2n) is 5.52. The molecular weight excluding hydrogens is 329 g/mol. The highest BCUT2D eigenvalue weighted by Gasteiger charge is 2.15. The molecule has 0 saturated heterocycles. The number of furan rings is 1. The maximum absolute atomic E-state index is 6.01. The molecule has 2 aromatic rings. The van der Waals surface area contributed by atoms with Gasteiger partial charge in [-0.1, -0.05) is 30.1 Å². The van der Waals surface area contributed by atoms with Crippen LogP contribution in [0.3, 0.4) is 0 Å². The second kappa shape index (κ2) is 7.55. The van der Waals surface area contributed by atoms with Crippen LogP contribution in [-0.4, -0.2) is 5.54 Å². The molecule has 21 heavy (non-hydrogen) atoms. The van der Waals surface area contributed by atoms with Crippen LogP contribution in [-0.2, 0) is 6.54 Å². The average Bonchev–Trinajstić information content (AvgIpc) is 2.84. The molecule has 2 nitrogen and oxygen atoms in total. The predicted molar refractivity (Wildman–Crippen MR) is 92.6 cm³/mol. The minimum Gasteiger partial charge on any atom is -0.460 e. The molecule has 0 atom stereocenters. The van der Waals surface area contributed by atoms with Gasteiger partial charge < -0.3 is 9.73 Å². The lowest BCUT2D eigenvalue weighted by Gasteiger charge is -2.23. The van der Waals surface area contributed by atoms with Gasteiger partial charge in [0.05, 0.1) is 6.54 Å². The molecule has 0 aliphatic carbocycles. The van der Waals surface area contributed by atoms with E-state index in [-0.39, 0.29) is 17.9 Å². The quantitative estimate of drug-likeness (QED) is 0.722. The fraction of sp³-hybridized carbons (Fsp3) is 0.375. The van der Waals surface area contributed by atoms with Crippen molar-refractivity contribution in [2.45, 2.75) is 39.3 Å². The first kappa shape index (κ1) is 18.4. The molecule has 5 heteroatoms. The Labute approximate surface area is 142 Å². The number of benzene rings is 1. The van der Waals surface area contributed by atoms with Gasteiger partial charge in [-0.3, -0.25) is 0 Å². The van der Waals surface area contributed by atoms with Crippen LogP contribution in [0.25, 0.3) is 11.3 Å². The molecule has 1 aromatic heterocycles. The van der Waals surface area contributed by atoms with Gasteiger partial charge >= 0.3 is 0 Å². The lowest BCUT2D eigenvalue weighted by Crippen LogP contribution is -2.37. The van der Waals surface area contributed by atoms with Crippen LogP contribution in [0.1, 0.15) is 33.0 Å². The highest BCUT2D eigenvalue weighted by molar-refractivity contribution is 6.35. The van der Waals surface area contributed by atoms with E-state index in [0.29, 0.717) is 16.6 Å². The summed E-state index contributed by atoms with van der Waals surface area (Å²) in [5, 5.41) is 4.68. The Morgan fingerprint density at radius 3 is 2.29 bits per heavy atom. The minimum absolute atomic E-state index is 0. The third kappa shape index (κ3) is 5.23. The summed E-state index contributed by atoms with van der Waals surface area (Å²) in [4.78, 5) is 0. The van der Waals surface area contributed by atoms with Crippen LogP contribution in [0, 0.1) is 0 Å². The summed E-state index contributed by atoms with van der Waals surface area (Å²) in [6.07, 6.45) is 1.06. The molecule has 1 heterocycles. The van der Waals surface area contributed by atoms with Crippen molar-refractivity contribution in [2.75, 3.05) is 0 Å². The van der Waals surface area contributed by atoms with Crippen molar-refractivity contribution in [3.63, 3.8) is 0 Å². The molecule has 0 aliphatic rings. The third-order valence-corrected chi connectivity index (χ3v) is 3.87. The topological polar surface area (TPSA) is 25.2 Å². The van der Waals surface area contributed by atoms with Crippen LogP contribution in [0.4, 0.5) is 0 Å². The fourth-order valence-electron chi connectivity index (χ4n) is 1.78. The second-order valence-corrected chi connectivity index (χ2v) is 6.39. The Morgan fingerprint density at radius 1 is 1.10 bits per heavy atom. The average molecular weight is 349 g/mol. The predicted octanol–water partition coefficient (Wildman–Crippen LogP) is 5.95. The summed E-state index contributed by atoms with van der Waals surface area (Å²) in [6.45, 7) is 7.21. The lowest BCUT2D eigenvalue weighted by molar-refractivity contribution is 0.353. The van der Waals surface area contributed by atoms with E-state index in [1.165, 1.54) is 0 Å². The molecule has 0 amide bonds. The number of nitrogens with one attached hydrogen (secondary N) is 1. The molecule has 116 valence electrons. The lowest BCUT2D eigenvalue weighted by atomic mass is 10.0. The van der Waals surface area contributed by atoms with Gasteiger partial charge in [-0.15, -0.1) is 12.4 Å². The van der Waals surface area contributed by atoms with Crippen LogP contribution in [0.2, 0.25) is 10.0 Å². The SMILES string of the molecule is CCC(C)(C)NCc1ccc(-c2cc(Cl)cc(Cl)c2)o1.Cl. The summed E-state index contributed by atoms with van der Waals surface area (Å²) in [5.74, 6) is 1.68. The van der Waals surface area contributed by atoms with Crippen LogP contribution < -0.4 is 5.32 Å². The van der Waals surface area contributed by atoms with E-state index in [2.05, 4.69) is 26.1 Å². The number of halogens is 3. The van der Waals surface area contributed by atoms with Gasteiger partial charge in [-0.05, 0) is 50.6 Å². The van der Waals surface area contributed by atoms with Crippen LogP contribution >= 0.6 is 35.6 Å². The molecule has 0 spiro atoms. The normalized spacial score (nSPS) is 11.3. The minimum atomic E-state index is 0. The maximum Gasteiger partial charge on any atom is 0.134 e. The van der Waals surface area contributed by atoms with Gasteiger partial charge in [0.2, 0.25) is 0 Å². The molecule has 2 rings (SSSR count). The molecule has 0 aliphatic heterocycles. The van der Waals surface area contributed by atoms with Gasteiger partial charge in [0.1, 0.15) is 11.5 Å². The Morgan fingerprint density at radius 2 is 1.71 bits per heavy atom. The van der Waals surface area contributed by atoms with E-state index in [1.54, 1.807) is 6.07 Å². The van der Waals surface area contributed by atoms with Gasteiger partial charge in [-0.2, -0.15) is 0 Å². The van der Waals surface area contributed by atoms with Crippen LogP contribution in [0.5, 0.6) is 0 Å². The Hall–Kier alpha value is -0.670.